The summed E-state index contributed by atoms with van der Waals surface area (Å²) in [4.78, 5) is 24.2. The van der Waals surface area contributed by atoms with Gasteiger partial charge in [-0.1, -0.05) is 36.4 Å². The molecule has 0 spiro atoms. The van der Waals surface area contributed by atoms with Gasteiger partial charge in [0.15, 0.2) is 0 Å². The number of methoxy groups -OCH3 is 2. The lowest BCUT2D eigenvalue weighted by molar-refractivity contribution is -0.136. The number of rotatable bonds is 5. The van der Waals surface area contributed by atoms with Gasteiger partial charge in [-0.05, 0) is 29.7 Å². The smallest absolute Gasteiger partial charge is 0.329 e. The van der Waals surface area contributed by atoms with Crippen LogP contribution < -0.4 is 20.2 Å². The van der Waals surface area contributed by atoms with Gasteiger partial charge in [0.2, 0.25) is 0 Å². The van der Waals surface area contributed by atoms with E-state index in [1.165, 1.54) is 13.3 Å². The molecule has 0 unspecified atom stereocenters. The molecule has 3 aromatic rings. The van der Waals surface area contributed by atoms with E-state index in [0.717, 1.165) is 10.8 Å². The fourth-order valence-corrected chi connectivity index (χ4v) is 2.67. The third kappa shape index (κ3) is 4.27. The molecule has 3 rings (SSSR count). The summed E-state index contributed by atoms with van der Waals surface area (Å²) >= 11 is 0. The molecule has 0 aliphatic heterocycles. The number of fused-ring (bicyclic) bond motifs is 1. The van der Waals surface area contributed by atoms with Gasteiger partial charge in [-0.2, -0.15) is 5.10 Å². The zero-order chi connectivity index (χ0) is 19.9. The van der Waals surface area contributed by atoms with Crippen LogP contribution in [0, 0.1) is 0 Å². The van der Waals surface area contributed by atoms with E-state index >= 15 is 0 Å². The molecule has 3 aromatic carbocycles. The zero-order valence-electron chi connectivity index (χ0n) is 15.4. The number of carbonyl (C=O) groups is 2. The summed E-state index contributed by atoms with van der Waals surface area (Å²) in [6.07, 6.45) is 1.38. The molecule has 0 radical (unpaired) electrons. The van der Waals surface area contributed by atoms with Gasteiger partial charge >= 0.3 is 11.8 Å². The molecule has 7 heteroatoms. The van der Waals surface area contributed by atoms with Gasteiger partial charge in [-0.3, -0.25) is 9.59 Å². The second kappa shape index (κ2) is 8.68. The number of anilines is 1. The number of hydrogen-bond acceptors (Lipinski definition) is 5. The Morgan fingerprint density at radius 3 is 2.50 bits per heavy atom. The SMILES string of the molecule is COc1ccc(OC)c(/C=N/NC(=O)C(=O)Nc2cccc3ccccc23)c1. The second-order valence-corrected chi connectivity index (χ2v) is 5.79. The van der Waals surface area contributed by atoms with Gasteiger partial charge in [-0.25, -0.2) is 5.43 Å². The largest absolute Gasteiger partial charge is 0.497 e. The van der Waals surface area contributed by atoms with Crippen LogP contribution in [0.4, 0.5) is 5.69 Å². The van der Waals surface area contributed by atoms with Crippen molar-refractivity contribution >= 4 is 34.5 Å². The van der Waals surface area contributed by atoms with E-state index in [2.05, 4.69) is 15.8 Å². The number of ether oxygens (including phenoxy) is 2. The Morgan fingerprint density at radius 2 is 1.71 bits per heavy atom. The topological polar surface area (TPSA) is 89.0 Å². The van der Waals surface area contributed by atoms with E-state index in [0.29, 0.717) is 22.7 Å². The monoisotopic (exact) mass is 377 g/mol. The third-order valence-corrected chi connectivity index (χ3v) is 4.05. The standard InChI is InChI=1S/C21H19N3O4/c1-27-16-10-11-19(28-2)15(12-16)13-22-24-21(26)20(25)23-18-9-5-7-14-6-3-4-8-17(14)18/h3-13H,1-2H3,(H,23,25)(H,24,26)/b22-13+. The molecule has 0 bridgehead atoms. The van der Waals surface area contributed by atoms with Crippen molar-refractivity contribution in [1.29, 1.82) is 0 Å². The van der Waals surface area contributed by atoms with Crippen LogP contribution in [0.15, 0.2) is 65.8 Å². The number of amides is 2. The van der Waals surface area contributed by atoms with Crippen molar-refractivity contribution in [3.63, 3.8) is 0 Å². The number of carbonyl (C=O) groups excluding carboxylic acids is 2. The average Bonchev–Trinajstić information content (AvgIpc) is 2.73. The average molecular weight is 377 g/mol. The molecule has 0 aromatic heterocycles. The summed E-state index contributed by atoms with van der Waals surface area (Å²) in [6.45, 7) is 0. The number of nitrogens with zero attached hydrogens (tertiary/aromatic N) is 1. The van der Waals surface area contributed by atoms with E-state index in [1.807, 2.05) is 36.4 Å². The van der Waals surface area contributed by atoms with Crippen LogP contribution in [-0.2, 0) is 9.59 Å². The van der Waals surface area contributed by atoms with Gasteiger partial charge in [-0.15, -0.1) is 0 Å². The van der Waals surface area contributed by atoms with Crippen LogP contribution in [0.1, 0.15) is 5.56 Å². The summed E-state index contributed by atoms with van der Waals surface area (Å²) < 4.78 is 10.4. The van der Waals surface area contributed by atoms with Crippen LogP contribution in [0.2, 0.25) is 0 Å². The minimum atomic E-state index is -0.883. The Balaban J connectivity index is 1.68. The maximum absolute atomic E-state index is 12.2. The van der Waals surface area contributed by atoms with Gasteiger partial charge in [0, 0.05) is 16.6 Å². The minimum absolute atomic E-state index is 0.552. The first-order valence-corrected chi connectivity index (χ1v) is 8.46. The predicted molar refractivity (Wildman–Crippen MR) is 108 cm³/mol. The lowest BCUT2D eigenvalue weighted by Crippen LogP contribution is -2.32. The number of nitrogens with one attached hydrogen (secondary N) is 2. The highest BCUT2D eigenvalue weighted by Gasteiger charge is 2.14. The molecule has 0 saturated heterocycles. The van der Waals surface area contributed by atoms with E-state index in [1.54, 1.807) is 31.4 Å². The molecule has 142 valence electrons. The van der Waals surface area contributed by atoms with Crippen molar-refractivity contribution < 1.29 is 19.1 Å². The molecule has 0 atom stereocenters. The van der Waals surface area contributed by atoms with Gasteiger partial charge in [0.1, 0.15) is 11.5 Å². The lowest BCUT2D eigenvalue weighted by atomic mass is 10.1. The van der Waals surface area contributed by atoms with Crippen molar-refractivity contribution in [2.75, 3.05) is 19.5 Å². The number of hydrogen-bond donors (Lipinski definition) is 2. The first-order chi connectivity index (χ1) is 13.6. The van der Waals surface area contributed by atoms with E-state index in [4.69, 9.17) is 9.47 Å². The van der Waals surface area contributed by atoms with Crippen LogP contribution in [0.5, 0.6) is 11.5 Å². The van der Waals surface area contributed by atoms with Crippen molar-refractivity contribution in [2.45, 2.75) is 0 Å². The Labute approximate surface area is 162 Å². The quantitative estimate of drug-likeness (QED) is 0.406. The minimum Gasteiger partial charge on any atom is -0.497 e. The molecular weight excluding hydrogens is 358 g/mol. The fourth-order valence-electron chi connectivity index (χ4n) is 2.67. The van der Waals surface area contributed by atoms with Crippen LogP contribution in [0.3, 0.4) is 0 Å². The highest BCUT2D eigenvalue weighted by Crippen LogP contribution is 2.23. The maximum Gasteiger partial charge on any atom is 0.329 e. The van der Waals surface area contributed by atoms with E-state index in [-0.39, 0.29) is 0 Å². The summed E-state index contributed by atoms with van der Waals surface area (Å²) in [6, 6.07) is 18.2. The fraction of sp³-hybridized carbons (Fsp3) is 0.0952. The molecule has 7 nitrogen and oxygen atoms in total. The van der Waals surface area contributed by atoms with Crippen molar-refractivity contribution in [1.82, 2.24) is 5.43 Å². The zero-order valence-corrected chi connectivity index (χ0v) is 15.4. The number of benzene rings is 3. The molecule has 2 N–H and O–H groups in total. The van der Waals surface area contributed by atoms with Gasteiger partial charge in [0.05, 0.1) is 20.4 Å². The Morgan fingerprint density at radius 1 is 0.929 bits per heavy atom. The molecule has 0 aliphatic rings. The van der Waals surface area contributed by atoms with Crippen LogP contribution in [-0.4, -0.2) is 32.2 Å². The van der Waals surface area contributed by atoms with E-state index < -0.39 is 11.8 Å². The molecule has 0 saturated carbocycles. The molecule has 0 aliphatic carbocycles. The highest BCUT2D eigenvalue weighted by atomic mass is 16.5. The third-order valence-electron chi connectivity index (χ3n) is 4.05. The van der Waals surface area contributed by atoms with Gasteiger partial charge < -0.3 is 14.8 Å². The summed E-state index contributed by atoms with van der Waals surface area (Å²) in [7, 11) is 3.07. The summed E-state index contributed by atoms with van der Waals surface area (Å²) in [5, 5.41) is 8.24. The number of hydrazone groups is 1. The first kappa shape index (κ1) is 18.9. The molecule has 2 amide bonds. The first-order valence-electron chi connectivity index (χ1n) is 8.46. The van der Waals surface area contributed by atoms with Crippen molar-refractivity contribution in [3.05, 3.63) is 66.2 Å². The normalized spacial score (nSPS) is 10.6. The molecule has 28 heavy (non-hydrogen) atoms. The Bertz CT molecular complexity index is 1040. The van der Waals surface area contributed by atoms with Crippen molar-refractivity contribution in [2.24, 2.45) is 5.10 Å². The summed E-state index contributed by atoms with van der Waals surface area (Å²) in [5.74, 6) is -0.529. The lowest BCUT2D eigenvalue weighted by Gasteiger charge is -2.08. The maximum atomic E-state index is 12.2. The predicted octanol–water partition coefficient (Wildman–Crippen LogP) is 2.95. The molecule has 0 heterocycles. The van der Waals surface area contributed by atoms with Gasteiger partial charge in [0.25, 0.3) is 0 Å². The highest BCUT2D eigenvalue weighted by molar-refractivity contribution is 6.40. The summed E-state index contributed by atoms with van der Waals surface area (Å²) in [5.41, 5.74) is 3.36. The Hall–Kier alpha value is -3.87. The Kier molecular flexibility index (Phi) is 5.86. The molecular formula is C21H19N3O4. The van der Waals surface area contributed by atoms with Crippen molar-refractivity contribution in [3.8, 4) is 11.5 Å². The molecule has 0 fully saturated rings. The second-order valence-electron chi connectivity index (χ2n) is 5.79. The van der Waals surface area contributed by atoms with Crippen LogP contribution in [0.25, 0.3) is 10.8 Å². The van der Waals surface area contributed by atoms with Crippen LogP contribution >= 0.6 is 0 Å². The van der Waals surface area contributed by atoms with E-state index in [9.17, 15) is 9.59 Å².